The zero-order valence-corrected chi connectivity index (χ0v) is 21.0. The monoisotopic (exact) mass is 572 g/mol. The summed E-state index contributed by atoms with van der Waals surface area (Å²) in [6.07, 6.45) is 0. The number of rotatable bonds is 7. The van der Waals surface area contributed by atoms with Gasteiger partial charge in [-0.3, -0.25) is 4.55 Å². The molecule has 2 aliphatic heterocycles. The fraction of sp³-hybridized carbons (Fsp3) is 0.0526. The van der Waals surface area contributed by atoms with Crippen molar-refractivity contribution in [3.63, 3.8) is 0 Å². The van der Waals surface area contributed by atoms with Gasteiger partial charge in [0.05, 0.1) is 12.0 Å². The summed E-state index contributed by atoms with van der Waals surface area (Å²) < 4.78 is 57.5. The van der Waals surface area contributed by atoms with Crippen molar-refractivity contribution in [3.05, 3.63) is 50.6 Å². The number of halogens is 2. The van der Waals surface area contributed by atoms with Crippen molar-refractivity contribution in [3.8, 4) is 23.0 Å². The third-order valence-electron chi connectivity index (χ3n) is 5.18. The Morgan fingerprint density at radius 2 is 1.69 bits per heavy atom. The minimum atomic E-state index is -4.65. The summed E-state index contributed by atoms with van der Waals surface area (Å²) in [6, 6.07) is 6.18. The van der Waals surface area contributed by atoms with E-state index < -0.39 is 15.0 Å². The van der Waals surface area contributed by atoms with Crippen molar-refractivity contribution in [1.29, 1.82) is 0 Å². The number of nitrogens with two attached hydrogens (primary N) is 1. The summed E-state index contributed by atoms with van der Waals surface area (Å²) in [5, 5.41) is 15.3. The summed E-state index contributed by atoms with van der Waals surface area (Å²) in [6.45, 7) is 1.49. The summed E-state index contributed by atoms with van der Waals surface area (Å²) in [5.41, 5.74) is 3.28. The number of nitrogens with zero attached hydrogens (tertiary/aromatic N) is 2. The fourth-order valence-electron chi connectivity index (χ4n) is 3.72. The largest absolute Gasteiger partial charge is 0.450 e. The van der Waals surface area contributed by atoms with Crippen LogP contribution in [0.3, 0.4) is 0 Å². The van der Waals surface area contributed by atoms with E-state index in [1.54, 1.807) is 12.1 Å². The Labute approximate surface area is 219 Å². The second kappa shape index (κ2) is 9.37. The van der Waals surface area contributed by atoms with Gasteiger partial charge in [0, 0.05) is 5.69 Å². The Bertz CT molecular complexity index is 1700. The number of hydrogen-bond donors (Lipinski definition) is 4. The molecule has 3 aromatic carbocycles. The summed E-state index contributed by atoms with van der Waals surface area (Å²) in [5.74, 6) is -0.0820. The SMILES string of the molecule is [3H]NBNc1ccc2c(c1SOOO)Oc1c(Cl)c3c(c(Cl)c1=N2)Oc1c(ccc(C)c1S(=O)(=O)O)N=3. The van der Waals surface area contributed by atoms with Gasteiger partial charge in [-0.25, -0.2) is 15.2 Å². The van der Waals surface area contributed by atoms with Crippen LogP contribution in [-0.2, 0) is 19.5 Å². The number of aryl methyl sites for hydroxylation is 1. The summed E-state index contributed by atoms with van der Waals surface area (Å²) in [4.78, 5) is 8.80. The van der Waals surface area contributed by atoms with Crippen LogP contribution in [-0.4, -0.2) is 25.8 Å². The highest BCUT2D eigenvalue weighted by Gasteiger charge is 2.32. The van der Waals surface area contributed by atoms with Crippen LogP contribution in [0.5, 0.6) is 23.0 Å². The molecule has 0 fully saturated rings. The number of anilines is 1. The highest BCUT2D eigenvalue weighted by atomic mass is 35.5. The predicted octanol–water partition coefficient (Wildman–Crippen LogP) is 3.73. The minimum Gasteiger partial charge on any atom is -0.450 e. The van der Waals surface area contributed by atoms with Crippen molar-refractivity contribution in [2.24, 2.45) is 15.6 Å². The molecule has 0 saturated heterocycles. The molecule has 5 rings (SSSR count). The van der Waals surface area contributed by atoms with Gasteiger partial charge in [-0.05, 0) is 30.7 Å². The van der Waals surface area contributed by atoms with E-state index in [2.05, 4.69) is 30.2 Å². The van der Waals surface area contributed by atoms with Gasteiger partial charge in [0.15, 0.2) is 23.0 Å². The van der Waals surface area contributed by atoms with E-state index in [1.807, 2.05) is 0 Å². The van der Waals surface area contributed by atoms with Gasteiger partial charge in [-0.15, -0.1) is 4.33 Å². The van der Waals surface area contributed by atoms with Gasteiger partial charge in [0.25, 0.3) is 10.1 Å². The lowest BCUT2D eigenvalue weighted by molar-refractivity contribution is -0.432. The highest BCUT2D eigenvalue weighted by molar-refractivity contribution is 7.94. The molecule has 0 unspecified atom stereocenters. The van der Waals surface area contributed by atoms with E-state index in [9.17, 15) is 13.0 Å². The lowest BCUT2D eigenvalue weighted by Crippen LogP contribution is -2.23. The predicted molar refractivity (Wildman–Crippen MR) is 131 cm³/mol. The molecule has 0 bridgehead atoms. The normalized spacial score (nSPS) is 13.4. The van der Waals surface area contributed by atoms with E-state index in [0.717, 1.165) is 0 Å². The smallest absolute Gasteiger partial charge is 0.315 e. The van der Waals surface area contributed by atoms with Gasteiger partial charge in [0.2, 0.25) is 0 Å². The Balaban J connectivity index is 1.72. The summed E-state index contributed by atoms with van der Waals surface area (Å²) >= 11 is 13.9. The van der Waals surface area contributed by atoms with Crippen LogP contribution in [0.1, 0.15) is 5.56 Å². The quantitative estimate of drug-likeness (QED) is 0.0735. The number of hydrogen-bond acceptors (Lipinski definition) is 12. The first-order valence-electron chi connectivity index (χ1n) is 10.3. The first-order valence-corrected chi connectivity index (χ1v) is 12.7. The van der Waals surface area contributed by atoms with Crippen LogP contribution in [0, 0.1) is 6.92 Å². The molecule has 0 radical (unpaired) electrons. The van der Waals surface area contributed by atoms with Crippen molar-refractivity contribution in [2.75, 3.05) is 5.23 Å². The zero-order chi connectivity index (χ0) is 26.5. The standard InChI is InChI=1S/C19H13BCl2N4O8S2/c1-6-2-3-8-15(19(6)36(28,29)30)32-17-11(22)12-16(10(21)13(17)25-8)31-14-7(24-12)4-5-9(26-20-23)18(14)35-34-33-27/h2-5,20,26-27H,23H2,1H3,(H,28,29,30)/i23T. The maximum atomic E-state index is 12.0. The molecule has 0 aromatic heterocycles. The Hall–Kier alpha value is -2.60. The molecule has 12 nitrogen and oxygen atoms in total. The molecule has 0 saturated carbocycles. The van der Waals surface area contributed by atoms with Crippen LogP contribution in [0.15, 0.2) is 44.0 Å². The van der Waals surface area contributed by atoms with Gasteiger partial charge in [-0.2, -0.15) is 8.42 Å². The molecule has 0 amide bonds. The van der Waals surface area contributed by atoms with Gasteiger partial charge >= 0.3 is 7.55 Å². The van der Waals surface area contributed by atoms with E-state index in [-0.39, 0.29) is 62.6 Å². The van der Waals surface area contributed by atoms with Crippen LogP contribution in [0.4, 0.5) is 17.1 Å². The molecule has 5 N–H and O–H groups in total. The first-order chi connectivity index (χ1) is 17.7. The van der Waals surface area contributed by atoms with E-state index in [4.69, 9.17) is 39.3 Å². The van der Waals surface area contributed by atoms with Gasteiger partial charge < -0.3 is 20.3 Å². The van der Waals surface area contributed by atoms with E-state index in [0.29, 0.717) is 28.3 Å². The molecule has 0 atom stereocenters. The summed E-state index contributed by atoms with van der Waals surface area (Å²) in [7, 11) is -4.58. The van der Waals surface area contributed by atoms with Gasteiger partial charge in [-0.1, -0.05) is 34.3 Å². The number of benzene rings is 3. The van der Waals surface area contributed by atoms with Crippen LogP contribution in [0.25, 0.3) is 0 Å². The van der Waals surface area contributed by atoms with Crippen molar-refractivity contribution in [2.45, 2.75) is 16.7 Å². The third-order valence-corrected chi connectivity index (χ3v) is 7.61. The van der Waals surface area contributed by atoms with E-state index in [1.165, 1.54) is 19.1 Å². The molecular weight excluding hydrogens is 558 g/mol. The maximum absolute atomic E-state index is 12.0. The molecular formula is C19H13BCl2N4O8S2. The molecule has 0 spiro atoms. The molecule has 186 valence electrons. The number of ether oxygens (including phenoxy) is 2. The molecule has 2 heterocycles. The highest BCUT2D eigenvalue weighted by Crippen LogP contribution is 2.49. The third kappa shape index (κ3) is 4.08. The van der Waals surface area contributed by atoms with Gasteiger partial charge in [0.1, 0.15) is 43.3 Å². The van der Waals surface area contributed by atoms with E-state index >= 15 is 0 Å². The Kier molecular flexibility index (Phi) is 6.19. The molecule has 0 aliphatic carbocycles. The molecule has 36 heavy (non-hydrogen) atoms. The fourth-order valence-corrected chi connectivity index (χ4v) is 5.63. The lowest BCUT2D eigenvalue weighted by atomic mass is 10.1. The second-order valence-electron chi connectivity index (χ2n) is 7.32. The molecule has 3 aromatic rings. The zero-order valence-electron chi connectivity index (χ0n) is 18.8. The average Bonchev–Trinajstić information content (AvgIpc) is 2.87. The second-order valence-corrected chi connectivity index (χ2v) is 10.1. The van der Waals surface area contributed by atoms with Crippen LogP contribution in [0.2, 0.25) is 11.5 Å². The number of nitrogens with one attached hydrogen (secondary N) is 1. The maximum Gasteiger partial charge on any atom is 0.315 e. The van der Waals surface area contributed by atoms with Crippen molar-refractivity contribution < 1.29 is 38.5 Å². The van der Waals surface area contributed by atoms with Crippen molar-refractivity contribution >= 4 is 70.0 Å². The minimum absolute atomic E-state index is 0.0263. The Morgan fingerprint density at radius 3 is 2.31 bits per heavy atom. The topological polar surface area (TPSA) is 174 Å². The van der Waals surface area contributed by atoms with Crippen LogP contribution < -0.4 is 31.1 Å². The first kappa shape index (κ1) is 23.8. The Morgan fingerprint density at radius 1 is 1.08 bits per heavy atom. The van der Waals surface area contributed by atoms with Crippen LogP contribution >= 0.6 is 35.2 Å². The molecule has 2 aliphatic rings. The van der Waals surface area contributed by atoms with Crippen molar-refractivity contribution in [1.82, 2.24) is 0 Å². The average molecular weight is 573 g/mol. The number of fused-ring (bicyclic) bond motifs is 4. The lowest BCUT2D eigenvalue weighted by Gasteiger charge is -2.23. The molecule has 17 heteroatoms.